The molecule has 0 aliphatic carbocycles. The lowest BCUT2D eigenvalue weighted by Crippen LogP contribution is -2.48. The smallest absolute Gasteiger partial charge is 0.193 e. The highest BCUT2D eigenvalue weighted by Gasteiger charge is 2.28. The van der Waals surface area contributed by atoms with Gasteiger partial charge < -0.3 is 20.0 Å². The predicted molar refractivity (Wildman–Crippen MR) is 134 cm³/mol. The fourth-order valence-electron chi connectivity index (χ4n) is 4.58. The molecule has 0 amide bonds. The molecule has 3 rings (SSSR count). The molecule has 0 saturated carbocycles. The molecule has 0 aromatic heterocycles. The number of rotatable bonds is 5. The highest BCUT2D eigenvalue weighted by atomic mass is 127. The minimum absolute atomic E-state index is 0. The Kier molecular flexibility index (Phi) is 10.7. The van der Waals surface area contributed by atoms with Gasteiger partial charge in [0.05, 0.1) is 6.54 Å². The third-order valence-corrected chi connectivity index (χ3v) is 6.26. The van der Waals surface area contributed by atoms with E-state index < -0.39 is 0 Å². The van der Waals surface area contributed by atoms with Gasteiger partial charge in [0.2, 0.25) is 0 Å². The van der Waals surface area contributed by atoms with Crippen LogP contribution in [0.4, 0.5) is 0 Å². The zero-order valence-corrected chi connectivity index (χ0v) is 20.8. The molecule has 2 fully saturated rings. The first kappa shape index (κ1) is 24.4. The van der Waals surface area contributed by atoms with E-state index in [-0.39, 0.29) is 24.0 Å². The number of likely N-dealkylation sites (tertiary alicyclic amines) is 1. The number of hydrogen-bond acceptors (Lipinski definition) is 3. The van der Waals surface area contributed by atoms with Crippen molar-refractivity contribution in [1.29, 1.82) is 0 Å². The predicted octanol–water partition coefficient (Wildman–Crippen LogP) is 3.33. The summed E-state index contributed by atoms with van der Waals surface area (Å²) < 4.78 is 0. The molecule has 2 unspecified atom stereocenters. The van der Waals surface area contributed by atoms with Gasteiger partial charge in [-0.25, -0.2) is 0 Å². The number of nitrogens with zero attached hydrogens (tertiary/aromatic N) is 4. The van der Waals surface area contributed by atoms with E-state index in [4.69, 9.17) is 4.99 Å². The minimum Gasteiger partial charge on any atom is -0.357 e. The van der Waals surface area contributed by atoms with E-state index in [0.717, 1.165) is 38.7 Å². The molecule has 2 atom stereocenters. The zero-order chi connectivity index (χ0) is 19.8. The Morgan fingerprint density at radius 1 is 1.10 bits per heavy atom. The maximum atomic E-state index is 4.99. The summed E-state index contributed by atoms with van der Waals surface area (Å²) in [5.41, 5.74) is 1.49. The second-order valence-corrected chi connectivity index (χ2v) is 8.46. The van der Waals surface area contributed by atoms with Crippen LogP contribution in [0.2, 0.25) is 0 Å². The maximum absolute atomic E-state index is 4.99. The van der Waals surface area contributed by atoms with Crippen LogP contribution in [0.3, 0.4) is 0 Å². The Balaban J connectivity index is 0.00000300. The SMILES string of the molecule is CCNC(=NCCN1CCCN(C)CC1)N1CCC(c2ccccc2)C(C)C1.I. The van der Waals surface area contributed by atoms with Crippen molar-refractivity contribution in [3.63, 3.8) is 0 Å². The molecular weight excluding hydrogens is 473 g/mol. The van der Waals surface area contributed by atoms with E-state index in [1.807, 2.05) is 0 Å². The highest BCUT2D eigenvalue weighted by molar-refractivity contribution is 14.0. The molecule has 29 heavy (non-hydrogen) atoms. The van der Waals surface area contributed by atoms with Crippen LogP contribution in [0, 0.1) is 5.92 Å². The lowest BCUT2D eigenvalue weighted by atomic mass is 9.82. The van der Waals surface area contributed by atoms with Gasteiger partial charge in [-0.2, -0.15) is 0 Å². The normalized spacial score (nSPS) is 24.7. The molecule has 1 N–H and O–H groups in total. The third kappa shape index (κ3) is 7.40. The Morgan fingerprint density at radius 2 is 1.90 bits per heavy atom. The van der Waals surface area contributed by atoms with Gasteiger partial charge in [0.1, 0.15) is 0 Å². The largest absolute Gasteiger partial charge is 0.357 e. The molecule has 164 valence electrons. The second-order valence-electron chi connectivity index (χ2n) is 8.46. The van der Waals surface area contributed by atoms with Crippen molar-refractivity contribution in [1.82, 2.24) is 20.0 Å². The second kappa shape index (κ2) is 12.7. The average molecular weight is 514 g/mol. The van der Waals surface area contributed by atoms with Gasteiger partial charge in [-0.1, -0.05) is 37.3 Å². The summed E-state index contributed by atoms with van der Waals surface area (Å²) in [6, 6.07) is 11.0. The number of likely N-dealkylation sites (N-methyl/N-ethyl adjacent to an activating group) is 1. The Morgan fingerprint density at radius 3 is 2.62 bits per heavy atom. The molecule has 0 spiro atoms. The first-order valence-corrected chi connectivity index (χ1v) is 11.2. The lowest BCUT2D eigenvalue weighted by molar-refractivity contribution is 0.233. The van der Waals surface area contributed by atoms with Gasteiger partial charge in [-0.15, -0.1) is 24.0 Å². The highest BCUT2D eigenvalue weighted by Crippen LogP contribution is 2.32. The van der Waals surface area contributed by atoms with E-state index in [1.54, 1.807) is 0 Å². The topological polar surface area (TPSA) is 34.1 Å². The quantitative estimate of drug-likeness (QED) is 0.372. The standard InChI is InChI=1S/C23H39N5.HI/c1-4-24-23(25-12-16-27-14-8-13-26(3)17-18-27)28-15-11-22(20(2)19-28)21-9-6-5-7-10-21;/h5-7,9-10,20,22H,4,8,11-19H2,1-3H3,(H,24,25);1H. The van der Waals surface area contributed by atoms with E-state index in [9.17, 15) is 0 Å². The Bertz CT molecular complexity index is 609. The molecule has 2 saturated heterocycles. The molecule has 2 heterocycles. The summed E-state index contributed by atoms with van der Waals surface area (Å²) in [5, 5.41) is 3.53. The van der Waals surface area contributed by atoms with Gasteiger partial charge >= 0.3 is 0 Å². The van der Waals surface area contributed by atoms with E-state index in [0.29, 0.717) is 11.8 Å². The van der Waals surface area contributed by atoms with Crippen molar-refractivity contribution < 1.29 is 0 Å². The van der Waals surface area contributed by atoms with Crippen LogP contribution in [-0.4, -0.2) is 86.6 Å². The number of aliphatic imine (C=N–C) groups is 1. The molecule has 1 aromatic carbocycles. The maximum Gasteiger partial charge on any atom is 0.193 e. The molecule has 0 bridgehead atoms. The van der Waals surface area contributed by atoms with Crippen molar-refractivity contribution in [3.8, 4) is 0 Å². The van der Waals surface area contributed by atoms with Gasteiger partial charge in [0.25, 0.3) is 0 Å². The van der Waals surface area contributed by atoms with Crippen molar-refractivity contribution in [2.75, 3.05) is 66.0 Å². The lowest BCUT2D eigenvalue weighted by Gasteiger charge is -2.39. The number of halogens is 1. The minimum atomic E-state index is 0. The summed E-state index contributed by atoms with van der Waals surface area (Å²) >= 11 is 0. The molecule has 6 heteroatoms. The molecule has 0 radical (unpaired) electrons. The summed E-state index contributed by atoms with van der Waals surface area (Å²) in [4.78, 5) is 12.5. The van der Waals surface area contributed by atoms with Gasteiger partial charge in [-0.05, 0) is 57.3 Å². The summed E-state index contributed by atoms with van der Waals surface area (Å²) in [6.45, 7) is 14.4. The van der Waals surface area contributed by atoms with Gasteiger partial charge in [0.15, 0.2) is 5.96 Å². The number of hydrogen-bond donors (Lipinski definition) is 1. The van der Waals surface area contributed by atoms with Crippen molar-refractivity contribution >= 4 is 29.9 Å². The first-order valence-electron chi connectivity index (χ1n) is 11.2. The molecular formula is C23H40IN5. The number of piperidine rings is 1. The van der Waals surface area contributed by atoms with Gasteiger partial charge in [-0.3, -0.25) is 4.99 Å². The third-order valence-electron chi connectivity index (χ3n) is 6.26. The fourth-order valence-corrected chi connectivity index (χ4v) is 4.58. The van der Waals surface area contributed by atoms with Crippen LogP contribution >= 0.6 is 24.0 Å². The molecule has 2 aliphatic heterocycles. The van der Waals surface area contributed by atoms with Crippen LogP contribution in [-0.2, 0) is 0 Å². The van der Waals surface area contributed by atoms with E-state index in [2.05, 4.69) is 71.2 Å². The molecule has 2 aliphatic rings. The first-order chi connectivity index (χ1) is 13.7. The Hall–Kier alpha value is -0.860. The zero-order valence-electron chi connectivity index (χ0n) is 18.5. The number of benzene rings is 1. The Labute approximate surface area is 194 Å². The number of guanidine groups is 1. The van der Waals surface area contributed by atoms with Crippen molar-refractivity contribution in [3.05, 3.63) is 35.9 Å². The summed E-state index contributed by atoms with van der Waals surface area (Å²) in [6.07, 6.45) is 2.47. The molecule has 1 aromatic rings. The van der Waals surface area contributed by atoms with Crippen LogP contribution < -0.4 is 5.32 Å². The van der Waals surface area contributed by atoms with Crippen molar-refractivity contribution in [2.45, 2.75) is 32.6 Å². The average Bonchev–Trinajstić information content (AvgIpc) is 2.92. The number of nitrogens with one attached hydrogen (secondary N) is 1. The molecule has 5 nitrogen and oxygen atoms in total. The monoisotopic (exact) mass is 513 g/mol. The summed E-state index contributed by atoms with van der Waals surface area (Å²) in [7, 11) is 2.23. The van der Waals surface area contributed by atoms with E-state index >= 15 is 0 Å². The fraction of sp³-hybridized carbons (Fsp3) is 0.696. The summed E-state index contributed by atoms with van der Waals surface area (Å²) in [5.74, 6) is 2.41. The van der Waals surface area contributed by atoms with Crippen LogP contribution in [0.5, 0.6) is 0 Å². The van der Waals surface area contributed by atoms with Crippen LogP contribution in [0.25, 0.3) is 0 Å². The van der Waals surface area contributed by atoms with Crippen molar-refractivity contribution in [2.24, 2.45) is 10.9 Å². The van der Waals surface area contributed by atoms with Crippen LogP contribution in [0.15, 0.2) is 35.3 Å². The van der Waals surface area contributed by atoms with Crippen LogP contribution in [0.1, 0.15) is 38.2 Å². The van der Waals surface area contributed by atoms with Gasteiger partial charge in [0, 0.05) is 39.3 Å². The van der Waals surface area contributed by atoms with E-state index in [1.165, 1.54) is 44.6 Å².